The molecular weight excluding hydrogens is 277 g/mol. The normalized spacial score (nSPS) is 17.6. The predicted molar refractivity (Wildman–Crippen MR) is 63.8 cm³/mol. The highest BCUT2D eigenvalue weighted by Gasteiger charge is 2.38. The summed E-state index contributed by atoms with van der Waals surface area (Å²) in [6.45, 7) is 3.09. The Kier molecular flexibility index (Phi) is 3.96. The van der Waals surface area contributed by atoms with Crippen LogP contribution in [0.1, 0.15) is 30.6 Å². The van der Waals surface area contributed by atoms with Gasteiger partial charge in [0.2, 0.25) is 0 Å². The number of nitro groups is 1. The third kappa shape index (κ3) is 3.07. The third-order valence-electron chi connectivity index (χ3n) is 3.11. The van der Waals surface area contributed by atoms with Crippen LogP contribution in [-0.4, -0.2) is 23.1 Å². The Morgan fingerprint density at radius 2 is 2.05 bits per heavy atom. The fourth-order valence-electron chi connectivity index (χ4n) is 1.87. The number of benzene rings is 1. The van der Waals surface area contributed by atoms with Gasteiger partial charge in [0.25, 0.3) is 5.69 Å². The van der Waals surface area contributed by atoms with E-state index in [0.29, 0.717) is 0 Å². The summed E-state index contributed by atoms with van der Waals surface area (Å²) in [6.07, 6.45) is -4.37. The smallest absolute Gasteiger partial charge is 0.291 e. The number of hydrogen-bond donors (Lipinski definition) is 0. The van der Waals surface area contributed by atoms with Crippen LogP contribution in [0, 0.1) is 10.1 Å². The Morgan fingerprint density at radius 1 is 1.40 bits per heavy atom. The van der Waals surface area contributed by atoms with Crippen LogP contribution in [0.5, 0.6) is 0 Å². The molecule has 0 saturated carbocycles. The summed E-state index contributed by atoms with van der Waals surface area (Å²) in [6, 6.07) is 2.94. The van der Waals surface area contributed by atoms with Gasteiger partial charge in [-0.3, -0.25) is 15.0 Å². The molecule has 1 unspecified atom stereocenters. The number of halogens is 3. The molecule has 1 fully saturated rings. The van der Waals surface area contributed by atoms with Crippen molar-refractivity contribution in [2.75, 3.05) is 13.1 Å². The van der Waals surface area contributed by atoms with Crippen LogP contribution in [0.2, 0.25) is 0 Å². The number of hydroxylamine groups is 2. The molecule has 0 aliphatic carbocycles. The predicted octanol–water partition coefficient (Wildman–Crippen LogP) is 3.31. The lowest BCUT2D eigenvalue weighted by atomic mass is 10.0. The fourth-order valence-corrected chi connectivity index (χ4v) is 1.87. The van der Waals surface area contributed by atoms with Crippen molar-refractivity contribution in [2.45, 2.75) is 25.6 Å². The van der Waals surface area contributed by atoms with Gasteiger partial charge in [0.05, 0.1) is 4.92 Å². The summed E-state index contributed by atoms with van der Waals surface area (Å²) in [5.74, 6) is 0. The zero-order valence-electron chi connectivity index (χ0n) is 10.7. The summed E-state index contributed by atoms with van der Waals surface area (Å²) in [5.41, 5.74) is -1.94. The van der Waals surface area contributed by atoms with Crippen molar-refractivity contribution in [3.05, 3.63) is 39.4 Å². The lowest BCUT2D eigenvalue weighted by molar-refractivity contribution is -0.388. The second-order valence-corrected chi connectivity index (χ2v) is 4.56. The number of hydrogen-bond acceptors (Lipinski definition) is 4. The van der Waals surface area contributed by atoms with Crippen LogP contribution in [0.15, 0.2) is 18.2 Å². The largest absolute Gasteiger partial charge is 0.423 e. The highest BCUT2D eigenvalue weighted by Crippen LogP contribution is 2.38. The van der Waals surface area contributed by atoms with Gasteiger partial charge in [0.15, 0.2) is 0 Å². The second-order valence-electron chi connectivity index (χ2n) is 4.56. The first-order valence-corrected chi connectivity index (χ1v) is 6.06. The van der Waals surface area contributed by atoms with Crippen LogP contribution >= 0.6 is 0 Å². The SMILES string of the molecule is CC(ON1CCC1)c1ccc([N+](=O)[O-])c(C(F)(F)F)c1. The lowest BCUT2D eigenvalue weighted by Gasteiger charge is -2.32. The lowest BCUT2D eigenvalue weighted by Crippen LogP contribution is -2.37. The first-order valence-electron chi connectivity index (χ1n) is 6.06. The van der Waals surface area contributed by atoms with Crippen molar-refractivity contribution >= 4 is 5.69 Å². The molecule has 1 aromatic rings. The first kappa shape index (κ1) is 14.7. The van der Waals surface area contributed by atoms with E-state index in [2.05, 4.69) is 0 Å². The maximum atomic E-state index is 12.8. The molecule has 2 rings (SSSR count). The van der Waals surface area contributed by atoms with Gasteiger partial charge in [-0.2, -0.15) is 18.2 Å². The minimum Gasteiger partial charge on any atom is -0.291 e. The molecule has 1 aliphatic rings. The summed E-state index contributed by atoms with van der Waals surface area (Å²) < 4.78 is 38.5. The first-order chi connectivity index (χ1) is 9.29. The molecule has 5 nitrogen and oxygen atoms in total. The van der Waals surface area contributed by atoms with E-state index in [4.69, 9.17) is 4.84 Å². The Morgan fingerprint density at radius 3 is 2.50 bits per heavy atom. The molecule has 1 heterocycles. The second kappa shape index (κ2) is 5.37. The number of alkyl halides is 3. The van der Waals surface area contributed by atoms with Crippen molar-refractivity contribution in [3.63, 3.8) is 0 Å². The van der Waals surface area contributed by atoms with Crippen LogP contribution in [0.25, 0.3) is 0 Å². The monoisotopic (exact) mass is 290 g/mol. The number of rotatable bonds is 4. The van der Waals surface area contributed by atoms with Gasteiger partial charge in [0.1, 0.15) is 11.7 Å². The molecule has 0 bridgehead atoms. The van der Waals surface area contributed by atoms with Gasteiger partial charge >= 0.3 is 6.18 Å². The molecule has 0 N–H and O–H groups in total. The zero-order valence-corrected chi connectivity index (χ0v) is 10.7. The van der Waals surface area contributed by atoms with Gasteiger partial charge < -0.3 is 0 Å². The highest BCUT2D eigenvalue weighted by atomic mass is 19.4. The Bertz CT molecular complexity index is 515. The quantitative estimate of drug-likeness (QED) is 0.630. The average Bonchev–Trinajstić information content (AvgIpc) is 2.31. The molecule has 0 radical (unpaired) electrons. The molecular formula is C12H13F3N2O3. The van der Waals surface area contributed by atoms with E-state index in [-0.39, 0.29) is 5.56 Å². The van der Waals surface area contributed by atoms with E-state index in [9.17, 15) is 23.3 Å². The molecule has 1 aliphatic heterocycles. The van der Waals surface area contributed by atoms with Gasteiger partial charge in [0, 0.05) is 19.2 Å². The van der Waals surface area contributed by atoms with Crippen LogP contribution in [0.3, 0.4) is 0 Å². The van der Waals surface area contributed by atoms with Gasteiger partial charge in [-0.25, -0.2) is 0 Å². The molecule has 0 amide bonds. The Hall–Kier alpha value is -1.67. The number of nitro benzene ring substituents is 1. The van der Waals surface area contributed by atoms with Gasteiger partial charge in [-0.05, 0) is 31.0 Å². The molecule has 1 aromatic carbocycles. The summed E-state index contributed by atoms with van der Waals surface area (Å²) >= 11 is 0. The summed E-state index contributed by atoms with van der Waals surface area (Å²) in [5, 5.41) is 12.3. The third-order valence-corrected chi connectivity index (χ3v) is 3.11. The molecule has 1 atom stereocenters. The minimum absolute atomic E-state index is 0.259. The zero-order chi connectivity index (χ0) is 14.9. The summed E-state index contributed by atoms with van der Waals surface area (Å²) in [7, 11) is 0. The van der Waals surface area contributed by atoms with Crippen LogP contribution in [-0.2, 0) is 11.0 Å². The standard InChI is InChI=1S/C12H13F3N2O3/c1-8(20-16-5-2-6-16)9-3-4-11(17(18)19)10(7-9)12(13,14)15/h3-4,7-8H,2,5-6H2,1H3. The highest BCUT2D eigenvalue weighted by molar-refractivity contribution is 5.45. The van der Waals surface area contributed by atoms with Gasteiger partial charge in [-0.15, -0.1) is 0 Å². The Balaban J connectivity index is 2.28. The Labute approximate surface area is 113 Å². The molecule has 8 heteroatoms. The fraction of sp³-hybridized carbons (Fsp3) is 0.500. The average molecular weight is 290 g/mol. The molecule has 0 aromatic heterocycles. The van der Waals surface area contributed by atoms with E-state index in [0.717, 1.165) is 31.6 Å². The molecule has 110 valence electrons. The van der Waals surface area contributed by atoms with E-state index < -0.39 is 28.5 Å². The molecule has 0 spiro atoms. The van der Waals surface area contributed by atoms with E-state index in [1.807, 2.05) is 0 Å². The van der Waals surface area contributed by atoms with E-state index in [1.54, 1.807) is 12.0 Å². The number of nitrogens with zero attached hydrogens (tertiary/aromatic N) is 2. The minimum atomic E-state index is -4.77. The summed E-state index contributed by atoms with van der Waals surface area (Å²) in [4.78, 5) is 15.1. The van der Waals surface area contributed by atoms with Crippen LogP contribution < -0.4 is 0 Å². The van der Waals surface area contributed by atoms with E-state index >= 15 is 0 Å². The van der Waals surface area contributed by atoms with Crippen LogP contribution in [0.4, 0.5) is 18.9 Å². The van der Waals surface area contributed by atoms with Gasteiger partial charge in [-0.1, -0.05) is 0 Å². The van der Waals surface area contributed by atoms with Crippen molar-refractivity contribution in [3.8, 4) is 0 Å². The van der Waals surface area contributed by atoms with Crippen molar-refractivity contribution in [1.82, 2.24) is 5.06 Å². The van der Waals surface area contributed by atoms with E-state index in [1.165, 1.54) is 6.07 Å². The van der Waals surface area contributed by atoms with Crippen molar-refractivity contribution in [2.24, 2.45) is 0 Å². The molecule has 20 heavy (non-hydrogen) atoms. The van der Waals surface area contributed by atoms with Crippen molar-refractivity contribution in [1.29, 1.82) is 0 Å². The maximum absolute atomic E-state index is 12.8. The van der Waals surface area contributed by atoms with Crippen molar-refractivity contribution < 1.29 is 22.9 Å². The molecule has 1 saturated heterocycles. The maximum Gasteiger partial charge on any atom is 0.423 e. The topological polar surface area (TPSA) is 55.6 Å².